The Hall–Kier alpha value is -1.10. The second-order valence-corrected chi connectivity index (χ2v) is 2.71. The highest BCUT2D eigenvalue weighted by atomic mass is 35.5. The molecule has 0 amide bonds. The maximum atomic E-state index is 12.8. The van der Waals surface area contributed by atoms with Crippen LogP contribution >= 0.6 is 11.6 Å². The summed E-state index contributed by atoms with van der Waals surface area (Å²) in [6.45, 7) is 0. The summed E-state index contributed by atoms with van der Waals surface area (Å²) in [6.07, 6.45) is -4.75. The van der Waals surface area contributed by atoms with Crippen molar-refractivity contribution in [2.24, 2.45) is 4.99 Å². The molecule has 1 rings (SSSR count). The molecule has 0 N–H and O–H groups in total. The van der Waals surface area contributed by atoms with Gasteiger partial charge in [-0.1, -0.05) is 23.7 Å². The van der Waals surface area contributed by atoms with Crippen molar-refractivity contribution in [1.82, 2.24) is 0 Å². The van der Waals surface area contributed by atoms with E-state index in [0.29, 0.717) is 0 Å². The molecule has 0 saturated heterocycles. The molecule has 14 heavy (non-hydrogen) atoms. The SMILES string of the molecule is Fc1ccccc1N=C(Cl)C(F)(F)F. The van der Waals surface area contributed by atoms with Crippen molar-refractivity contribution in [2.45, 2.75) is 6.18 Å². The number of nitrogens with zero attached hydrogens (tertiary/aromatic N) is 1. The third kappa shape index (κ3) is 2.70. The Morgan fingerprint density at radius 2 is 1.79 bits per heavy atom. The van der Waals surface area contributed by atoms with E-state index in [4.69, 9.17) is 11.6 Å². The van der Waals surface area contributed by atoms with Gasteiger partial charge in [0.2, 0.25) is 5.17 Å². The summed E-state index contributed by atoms with van der Waals surface area (Å²) in [5.41, 5.74) is -0.435. The minimum atomic E-state index is -4.75. The molecular weight excluding hydrogens is 222 g/mol. The summed E-state index contributed by atoms with van der Waals surface area (Å²) in [5, 5.41) is -1.59. The number of benzene rings is 1. The summed E-state index contributed by atoms with van der Waals surface area (Å²) < 4.78 is 48.4. The van der Waals surface area contributed by atoms with Crippen LogP contribution in [-0.4, -0.2) is 11.3 Å². The van der Waals surface area contributed by atoms with Crippen molar-refractivity contribution in [3.05, 3.63) is 30.1 Å². The molecule has 0 saturated carbocycles. The predicted octanol–water partition coefficient (Wildman–Crippen LogP) is 3.66. The first-order valence-corrected chi connectivity index (χ1v) is 3.85. The fourth-order valence-corrected chi connectivity index (χ4v) is 0.803. The number of para-hydroxylation sites is 1. The maximum Gasteiger partial charge on any atom is 0.444 e. The second kappa shape index (κ2) is 3.96. The number of halogens is 5. The van der Waals surface area contributed by atoms with Crippen LogP contribution in [0.1, 0.15) is 0 Å². The Morgan fingerprint density at radius 3 is 2.29 bits per heavy atom. The lowest BCUT2D eigenvalue weighted by Gasteiger charge is -2.03. The molecule has 0 aromatic heterocycles. The highest BCUT2D eigenvalue weighted by Gasteiger charge is 2.34. The van der Waals surface area contributed by atoms with Crippen molar-refractivity contribution in [2.75, 3.05) is 0 Å². The molecule has 76 valence electrons. The quantitative estimate of drug-likeness (QED) is 0.511. The minimum absolute atomic E-state index is 0.435. The topological polar surface area (TPSA) is 12.4 Å². The lowest BCUT2D eigenvalue weighted by Crippen LogP contribution is -2.16. The van der Waals surface area contributed by atoms with E-state index in [2.05, 4.69) is 4.99 Å². The van der Waals surface area contributed by atoms with Crippen LogP contribution in [0.25, 0.3) is 0 Å². The summed E-state index contributed by atoms with van der Waals surface area (Å²) in [6, 6.07) is 4.81. The zero-order valence-corrected chi connectivity index (χ0v) is 7.40. The second-order valence-electron chi connectivity index (χ2n) is 2.35. The number of rotatable bonds is 1. The van der Waals surface area contributed by atoms with Crippen molar-refractivity contribution in [3.8, 4) is 0 Å². The van der Waals surface area contributed by atoms with Gasteiger partial charge in [0.1, 0.15) is 11.5 Å². The Labute approximate surface area is 82.0 Å². The molecule has 0 heterocycles. The van der Waals surface area contributed by atoms with Gasteiger partial charge in [0, 0.05) is 0 Å². The monoisotopic (exact) mass is 225 g/mol. The molecule has 0 unspecified atom stereocenters. The number of hydrogen-bond donors (Lipinski definition) is 0. The first-order valence-electron chi connectivity index (χ1n) is 3.47. The first-order chi connectivity index (χ1) is 6.41. The summed E-state index contributed by atoms with van der Waals surface area (Å²) >= 11 is 4.82. The van der Waals surface area contributed by atoms with E-state index in [-0.39, 0.29) is 0 Å². The lowest BCUT2D eigenvalue weighted by molar-refractivity contribution is -0.0558. The van der Waals surface area contributed by atoms with Crippen LogP contribution in [0.2, 0.25) is 0 Å². The van der Waals surface area contributed by atoms with E-state index in [1.165, 1.54) is 12.1 Å². The average molecular weight is 226 g/mol. The lowest BCUT2D eigenvalue weighted by atomic mass is 10.3. The molecule has 6 heteroatoms. The van der Waals surface area contributed by atoms with Gasteiger partial charge in [-0.3, -0.25) is 0 Å². The zero-order valence-electron chi connectivity index (χ0n) is 6.65. The normalized spacial score (nSPS) is 13.1. The minimum Gasteiger partial charge on any atom is -0.229 e. The van der Waals surface area contributed by atoms with Gasteiger partial charge in [-0.25, -0.2) is 9.38 Å². The molecular formula is C8H4ClF4N. The average Bonchev–Trinajstić information content (AvgIpc) is 2.07. The van der Waals surface area contributed by atoms with Gasteiger partial charge in [-0.2, -0.15) is 13.2 Å². The molecule has 0 bridgehead atoms. The Kier molecular flexibility index (Phi) is 3.10. The molecule has 0 aliphatic carbocycles. The number of alkyl halides is 3. The summed E-state index contributed by atoms with van der Waals surface area (Å²) in [4.78, 5) is 2.91. The van der Waals surface area contributed by atoms with Crippen LogP contribution in [0.3, 0.4) is 0 Å². The van der Waals surface area contributed by atoms with E-state index in [1.54, 1.807) is 0 Å². The van der Waals surface area contributed by atoms with Gasteiger partial charge < -0.3 is 0 Å². The molecule has 0 aliphatic rings. The molecule has 1 aromatic rings. The van der Waals surface area contributed by atoms with E-state index in [9.17, 15) is 17.6 Å². The molecule has 0 atom stereocenters. The first kappa shape index (κ1) is 11.0. The van der Waals surface area contributed by atoms with Gasteiger partial charge in [-0.15, -0.1) is 0 Å². The smallest absolute Gasteiger partial charge is 0.229 e. The van der Waals surface area contributed by atoms with Gasteiger partial charge >= 0.3 is 6.18 Å². The van der Waals surface area contributed by atoms with Crippen LogP contribution in [0, 0.1) is 5.82 Å². The van der Waals surface area contributed by atoms with Crippen molar-refractivity contribution in [1.29, 1.82) is 0 Å². The van der Waals surface area contributed by atoms with Crippen LogP contribution in [0.5, 0.6) is 0 Å². The van der Waals surface area contributed by atoms with E-state index in [1.807, 2.05) is 0 Å². The molecule has 1 nitrogen and oxygen atoms in total. The molecule has 1 aromatic carbocycles. The van der Waals surface area contributed by atoms with Crippen molar-refractivity contribution >= 4 is 22.5 Å². The summed E-state index contributed by atoms with van der Waals surface area (Å²) in [5.74, 6) is -0.852. The highest BCUT2D eigenvalue weighted by Crippen LogP contribution is 2.25. The Bertz CT molecular complexity index is 359. The van der Waals surface area contributed by atoms with E-state index < -0.39 is 22.9 Å². The number of hydrogen-bond acceptors (Lipinski definition) is 1. The van der Waals surface area contributed by atoms with Crippen LogP contribution in [0.4, 0.5) is 23.2 Å². The van der Waals surface area contributed by atoms with Crippen molar-refractivity contribution < 1.29 is 17.6 Å². The highest BCUT2D eigenvalue weighted by molar-refractivity contribution is 6.67. The molecule has 0 fully saturated rings. The van der Waals surface area contributed by atoms with Gasteiger partial charge in [-0.05, 0) is 12.1 Å². The fraction of sp³-hybridized carbons (Fsp3) is 0.125. The standard InChI is InChI=1S/C8H4ClF4N/c9-7(8(11,12)13)14-6-4-2-1-3-5(6)10/h1-4H. The number of aliphatic imine (C=N–C) groups is 1. The fourth-order valence-electron chi connectivity index (χ4n) is 0.712. The van der Waals surface area contributed by atoms with Crippen LogP contribution < -0.4 is 0 Å². The third-order valence-electron chi connectivity index (χ3n) is 1.30. The molecule has 0 radical (unpaired) electrons. The summed E-state index contributed by atoms with van der Waals surface area (Å²) in [7, 11) is 0. The van der Waals surface area contributed by atoms with Crippen LogP contribution in [-0.2, 0) is 0 Å². The Balaban J connectivity index is 3.04. The van der Waals surface area contributed by atoms with Crippen molar-refractivity contribution in [3.63, 3.8) is 0 Å². The van der Waals surface area contributed by atoms with Gasteiger partial charge in [0.25, 0.3) is 0 Å². The third-order valence-corrected chi connectivity index (χ3v) is 1.60. The van der Waals surface area contributed by atoms with Crippen LogP contribution in [0.15, 0.2) is 29.3 Å². The maximum absolute atomic E-state index is 12.8. The molecule has 0 aliphatic heterocycles. The largest absolute Gasteiger partial charge is 0.444 e. The molecule has 0 spiro atoms. The Morgan fingerprint density at radius 1 is 1.21 bits per heavy atom. The van der Waals surface area contributed by atoms with E-state index in [0.717, 1.165) is 12.1 Å². The zero-order chi connectivity index (χ0) is 10.8. The van der Waals surface area contributed by atoms with E-state index >= 15 is 0 Å². The van der Waals surface area contributed by atoms with Gasteiger partial charge in [0.05, 0.1) is 0 Å². The predicted molar refractivity (Wildman–Crippen MR) is 45.4 cm³/mol. The van der Waals surface area contributed by atoms with Gasteiger partial charge in [0.15, 0.2) is 0 Å².